The van der Waals surface area contributed by atoms with Crippen molar-refractivity contribution in [3.63, 3.8) is 0 Å². The Morgan fingerprint density at radius 2 is 1.94 bits per heavy atom. The van der Waals surface area contributed by atoms with Gasteiger partial charge >= 0.3 is 0 Å². The van der Waals surface area contributed by atoms with Crippen molar-refractivity contribution in [2.45, 2.75) is 77.4 Å². The topological polar surface area (TPSA) is 71.3 Å². The summed E-state index contributed by atoms with van der Waals surface area (Å²) in [6.07, 6.45) is 11.5. The first-order chi connectivity index (χ1) is 14.9. The van der Waals surface area contributed by atoms with Crippen molar-refractivity contribution in [2.75, 3.05) is 6.54 Å². The summed E-state index contributed by atoms with van der Waals surface area (Å²) in [7, 11) is 0. The summed E-state index contributed by atoms with van der Waals surface area (Å²) in [5.41, 5.74) is 0.592. The van der Waals surface area contributed by atoms with Crippen LogP contribution in [0.1, 0.15) is 69.1 Å². The number of piperidine rings is 1. The number of hydrogen-bond acceptors (Lipinski definition) is 4. The van der Waals surface area contributed by atoms with Crippen LogP contribution in [-0.4, -0.2) is 60.8 Å². The van der Waals surface area contributed by atoms with Crippen LogP contribution in [0.25, 0.3) is 5.82 Å². The average molecular weight is 422 g/mol. The smallest absolute Gasteiger partial charge is 0.256 e. The number of carbonyl (C=O) groups is 2. The van der Waals surface area contributed by atoms with Gasteiger partial charge in [-0.25, -0.2) is 9.97 Å². The molecule has 2 bridgehead atoms. The molecule has 31 heavy (non-hydrogen) atoms. The third kappa shape index (κ3) is 3.08. The first kappa shape index (κ1) is 20.2. The normalized spacial score (nSPS) is 29.7. The van der Waals surface area contributed by atoms with Gasteiger partial charge in [0.15, 0.2) is 0 Å². The Hall–Kier alpha value is -2.70. The molecule has 164 valence electrons. The standard InChI is InChI=1S/C24H31N5O2/c1-4-21-25-11-12-27(21)22-10-9-17(14-26-22)23(31)29-18-13-24(3)19(28(15-18)16(2)30)7-5-6-8-20(24)29/h9-12,14,18-20H,4-8,13,15H2,1-3H3/t18-,19+,20-,24+/m0/s1. The molecule has 0 aromatic carbocycles. The van der Waals surface area contributed by atoms with Crippen molar-refractivity contribution < 1.29 is 9.59 Å². The van der Waals surface area contributed by atoms with Crippen LogP contribution in [0.4, 0.5) is 0 Å². The van der Waals surface area contributed by atoms with Crippen LogP contribution in [-0.2, 0) is 11.2 Å². The number of nitrogens with zero attached hydrogens (tertiary/aromatic N) is 5. The maximum Gasteiger partial charge on any atom is 0.256 e. The summed E-state index contributed by atoms with van der Waals surface area (Å²) in [5, 5.41) is 0. The fraction of sp³-hybridized carbons (Fsp3) is 0.583. The van der Waals surface area contributed by atoms with E-state index in [1.807, 2.05) is 27.8 Å². The largest absolute Gasteiger partial charge is 0.337 e. The van der Waals surface area contributed by atoms with E-state index in [2.05, 4.69) is 28.7 Å². The number of rotatable bonds is 3. The molecule has 4 heterocycles. The zero-order valence-electron chi connectivity index (χ0n) is 18.6. The van der Waals surface area contributed by atoms with Crippen molar-refractivity contribution in [1.29, 1.82) is 0 Å². The molecule has 1 aliphatic carbocycles. The molecule has 2 aliphatic heterocycles. The van der Waals surface area contributed by atoms with Crippen LogP contribution in [0.2, 0.25) is 0 Å². The Labute approximate surface area is 183 Å². The summed E-state index contributed by atoms with van der Waals surface area (Å²) < 4.78 is 1.96. The van der Waals surface area contributed by atoms with Gasteiger partial charge in [0, 0.05) is 56.0 Å². The van der Waals surface area contributed by atoms with Crippen LogP contribution < -0.4 is 0 Å². The van der Waals surface area contributed by atoms with Gasteiger partial charge in [-0.05, 0) is 31.4 Å². The summed E-state index contributed by atoms with van der Waals surface area (Å²) >= 11 is 0. The highest BCUT2D eigenvalue weighted by Gasteiger charge is 2.60. The van der Waals surface area contributed by atoms with Crippen LogP contribution in [0.15, 0.2) is 30.7 Å². The van der Waals surface area contributed by atoms with E-state index in [0.717, 1.165) is 50.2 Å². The molecule has 2 aromatic rings. The van der Waals surface area contributed by atoms with Gasteiger partial charge in [0.2, 0.25) is 5.91 Å². The van der Waals surface area contributed by atoms with Gasteiger partial charge in [0.05, 0.1) is 11.6 Å². The average Bonchev–Trinajstić information content (AvgIpc) is 3.28. The second-order valence-electron chi connectivity index (χ2n) is 9.54. The van der Waals surface area contributed by atoms with Gasteiger partial charge in [-0.1, -0.05) is 26.7 Å². The molecule has 7 heteroatoms. The Morgan fingerprint density at radius 1 is 1.16 bits per heavy atom. The number of amides is 2. The maximum atomic E-state index is 13.7. The van der Waals surface area contributed by atoms with E-state index in [4.69, 9.17) is 0 Å². The van der Waals surface area contributed by atoms with Crippen molar-refractivity contribution >= 4 is 11.8 Å². The lowest BCUT2D eigenvalue weighted by molar-refractivity contribution is -0.136. The molecule has 2 aromatic heterocycles. The molecule has 2 saturated heterocycles. The minimum Gasteiger partial charge on any atom is -0.337 e. The Bertz CT molecular complexity index is 1000. The number of carbonyl (C=O) groups excluding carboxylic acids is 2. The van der Waals surface area contributed by atoms with Crippen molar-refractivity contribution in [3.05, 3.63) is 42.1 Å². The molecule has 5 rings (SSSR count). The lowest BCUT2D eigenvalue weighted by Gasteiger charge is -2.46. The predicted octanol–water partition coefficient (Wildman–Crippen LogP) is 3.22. The number of aromatic nitrogens is 3. The molecule has 7 nitrogen and oxygen atoms in total. The zero-order valence-corrected chi connectivity index (χ0v) is 18.6. The monoisotopic (exact) mass is 421 g/mol. The molecular formula is C24H31N5O2. The Morgan fingerprint density at radius 3 is 2.61 bits per heavy atom. The number of hydrogen-bond donors (Lipinski definition) is 0. The fourth-order valence-electron chi connectivity index (χ4n) is 6.43. The SMILES string of the molecule is CCc1nccn1-c1ccc(C(=O)N2[C@@H]3CN(C(C)=O)[C@@H]4CCCC[C@H]2[C@]4(C)C3)cn1. The van der Waals surface area contributed by atoms with E-state index in [9.17, 15) is 9.59 Å². The summed E-state index contributed by atoms with van der Waals surface area (Å²) in [4.78, 5) is 39.2. The van der Waals surface area contributed by atoms with Gasteiger partial charge in [-0.2, -0.15) is 0 Å². The maximum absolute atomic E-state index is 13.7. The molecule has 1 saturated carbocycles. The van der Waals surface area contributed by atoms with Gasteiger partial charge < -0.3 is 9.80 Å². The minimum atomic E-state index is -0.0268. The molecule has 3 aliphatic rings. The van der Waals surface area contributed by atoms with Gasteiger partial charge in [0.1, 0.15) is 11.6 Å². The van der Waals surface area contributed by atoms with Gasteiger partial charge in [-0.3, -0.25) is 14.2 Å². The lowest BCUT2D eigenvalue weighted by Crippen LogP contribution is -2.55. The van der Waals surface area contributed by atoms with E-state index in [0.29, 0.717) is 12.1 Å². The van der Waals surface area contributed by atoms with Crippen LogP contribution in [0.5, 0.6) is 0 Å². The predicted molar refractivity (Wildman–Crippen MR) is 117 cm³/mol. The lowest BCUT2D eigenvalue weighted by atomic mass is 9.71. The third-order valence-electron chi connectivity index (χ3n) is 7.83. The third-order valence-corrected chi connectivity index (χ3v) is 7.83. The summed E-state index contributed by atoms with van der Waals surface area (Å²) in [6, 6.07) is 4.28. The second-order valence-corrected chi connectivity index (χ2v) is 9.54. The van der Waals surface area contributed by atoms with E-state index >= 15 is 0 Å². The van der Waals surface area contributed by atoms with Crippen molar-refractivity contribution in [3.8, 4) is 5.82 Å². The molecular weight excluding hydrogens is 390 g/mol. The number of aryl methyl sites for hydroxylation is 1. The van der Waals surface area contributed by atoms with Crippen LogP contribution >= 0.6 is 0 Å². The molecule has 0 N–H and O–H groups in total. The van der Waals surface area contributed by atoms with Gasteiger partial charge in [0.25, 0.3) is 5.91 Å². The molecule has 0 unspecified atom stereocenters. The van der Waals surface area contributed by atoms with E-state index in [1.165, 1.54) is 0 Å². The molecule has 0 radical (unpaired) electrons. The molecule has 4 atom stereocenters. The highest BCUT2D eigenvalue weighted by molar-refractivity contribution is 5.95. The summed E-state index contributed by atoms with van der Waals surface area (Å²) in [6.45, 7) is 6.68. The zero-order chi connectivity index (χ0) is 21.8. The summed E-state index contributed by atoms with van der Waals surface area (Å²) in [5.74, 6) is 1.90. The number of imidazole rings is 1. The number of likely N-dealkylation sites (tertiary alicyclic amines) is 2. The van der Waals surface area contributed by atoms with E-state index in [1.54, 1.807) is 19.3 Å². The van der Waals surface area contributed by atoms with E-state index in [-0.39, 0.29) is 35.4 Å². The number of fused-ring (bicyclic) bond motifs is 1. The van der Waals surface area contributed by atoms with Crippen molar-refractivity contribution in [2.24, 2.45) is 5.41 Å². The minimum absolute atomic E-state index is 0.0268. The fourth-order valence-corrected chi connectivity index (χ4v) is 6.43. The Balaban J connectivity index is 1.46. The highest BCUT2D eigenvalue weighted by atomic mass is 16.2. The highest BCUT2D eigenvalue weighted by Crippen LogP contribution is 2.53. The van der Waals surface area contributed by atoms with Crippen LogP contribution in [0.3, 0.4) is 0 Å². The van der Waals surface area contributed by atoms with E-state index < -0.39 is 0 Å². The first-order valence-electron chi connectivity index (χ1n) is 11.5. The van der Waals surface area contributed by atoms with Crippen LogP contribution in [0, 0.1) is 5.41 Å². The second kappa shape index (κ2) is 7.46. The Kier molecular flexibility index (Phi) is 4.87. The number of pyridine rings is 1. The first-order valence-corrected chi connectivity index (χ1v) is 11.5. The molecule has 2 amide bonds. The quantitative estimate of drug-likeness (QED) is 0.763. The molecule has 3 fully saturated rings. The van der Waals surface area contributed by atoms with Gasteiger partial charge in [-0.15, -0.1) is 0 Å². The molecule has 0 spiro atoms. The van der Waals surface area contributed by atoms with Crippen molar-refractivity contribution in [1.82, 2.24) is 24.3 Å².